The highest BCUT2D eigenvalue weighted by Gasteiger charge is 2.31. The minimum Gasteiger partial charge on any atom is -0.489 e. The third-order valence-electron chi connectivity index (χ3n) is 6.89. The monoisotopic (exact) mass is 460 g/mol. The summed E-state index contributed by atoms with van der Waals surface area (Å²) in [7, 11) is 0. The number of hydrogen-bond donors (Lipinski definition) is 0. The number of carbonyl (C=O) groups excluding carboxylic acids is 1. The molecule has 6 nitrogen and oxygen atoms in total. The first-order chi connectivity index (χ1) is 16.5. The largest absolute Gasteiger partial charge is 0.489 e. The van der Waals surface area contributed by atoms with Gasteiger partial charge in [0.15, 0.2) is 0 Å². The van der Waals surface area contributed by atoms with E-state index < -0.39 is 5.63 Å². The van der Waals surface area contributed by atoms with Crippen molar-refractivity contribution < 1.29 is 13.9 Å². The smallest absolute Gasteiger partial charge is 0.360 e. The second kappa shape index (κ2) is 9.63. The molecule has 34 heavy (non-hydrogen) atoms. The molecule has 1 amide bonds. The average Bonchev–Trinajstić information content (AvgIpc) is 2.82. The molecule has 0 spiro atoms. The normalized spacial score (nSPS) is 20.8. The second-order valence-electron chi connectivity index (χ2n) is 9.94. The number of carbonyl (C=O) groups is 1. The molecule has 0 bridgehead atoms. The van der Waals surface area contributed by atoms with E-state index in [4.69, 9.17) is 9.15 Å². The van der Waals surface area contributed by atoms with Crippen LogP contribution >= 0.6 is 0 Å². The van der Waals surface area contributed by atoms with Crippen LogP contribution in [0.2, 0.25) is 0 Å². The molecule has 178 valence electrons. The maximum atomic E-state index is 13.3. The number of rotatable bonds is 5. The molecule has 3 aromatic rings. The van der Waals surface area contributed by atoms with Gasteiger partial charge in [0.1, 0.15) is 23.6 Å². The van der Waals surface area contributed by atoms with Crippen LogP contribution in [-0.2, 0) is 17.8 Å². The van der Waals surface area contributed by atoms with Crippen LogP contribution in [0.3, 0.4) is 0 Å². The lowest BCUT2D eigenvalue weighted by Crippen LogP contribution is -2.48. The summed E-state index contributed by atoms with van der Waals surface area (Å²) in [5.41, 5.74) is 2.47. The van der Waals surface area contributed by atoms with Crippen molar-refractivity contribution in [2.45, 2.75) is 39.7 Å². The van der Waals surface area contributed by atoms with Gasteiger partial charge < -0.3 is 14.1 Å². The molecule has 3 heterocycles. The number of fused-ring (bicyclic) bond motifs is 3. The highest BCUT2D eigenvalue weighted by atomic mass is 16.5. The van der Waals surface area contributed by atoms with Crippen molar-refractivity contribution in [3.63, 3.8) is 0 Å². The van der Waals surface area contributed by atoms with Crippen molar-refractivity contribution in [1.82, 2.24) is 4.90 Å². The van der Waals surface area contributed by atoms with E-state index in [1.165, 1.54) is 6.42 Å². The van der Waals surface area contributed by atoms with Gasteiger partial charge in [-0.15, -0.1) is 0 Å². The maximum absolute atomic E-state index is 13.3. The van der Waals surface area contributed by atoms with Gasteiger partial charge in [-0.2, -0.15) is 0 Å². The number of hydrogen-bond acceptors (Lipinski definition) is 5. The number of ether oxygens (including phenoxy) is 1. The Hall–Kier alpha value is -3.12. The lowest BCUT2D eigenvalue weighted by atomic mass is 9.92. The molecule has 0 saturated carbocycles. The van der Waals surface area contributed by atoms with E-state index in [1.54, 1.807) is 11.0 Å². The van der Waals surface area contributed by atoms with Crippen LogP contribution in [0.25, 0.3) is 11.0 Å². The summed E-state index contributed by atoms with van der Waals surface area (Å²) in [5, 5.41) is 0.845. The quantitative estimate of drug-likeness (QED) is 0.520. The standard InChI is InChI=1S/C28H32N2O4/c1-19-13-20(2)16-29(15-19)17-26(31)30-12-6-9-23-24-14-22(33-18-21-7-4-3-5-8-21)10-11-25(24)34-28(32)27(23)30/h3-5,7-8,10-11,14,19-20H,6,9,12-13,15-18H2,1-2H3/t19-,20-/m0/s1. The van der Waals surface area contributed by atoms with Gasteiger partial charge in [0, 0.05) is 25.0 Å². The molecular weight excluding hydrogens is 428 g/mol. The van der Waals surface area contributed by atoms with E-state index >= 15 is 0 Å². The maximum Gasteiger partial charge on any atom is 0.360 e. The highest BCUT2D eigenvalue weighted by molar-refractivity contribution is 5.98. The van der Waals surface area contributed by atoms with Gasteiger partial charge in [-0.1, -0.05) is 44.2 Å². The van der Waals surface area contributed by atoms with Gasteiger partial charge >= 0.3 is 5.63 Å². The molecule has 1 aromatic heterocycles. The fraction of sp³-hybridized carbons (Fsp3) is 0.429. The molecule has 1 saturated heterocycles. The van der Waals surface area contributed by atoms with E-state index in [-0.39, 0.29) is 5.91 Å². The summed E-state index contributed by atoms with van der Waals surface area (Å²) in [6.45, 7) is 7.67. The summed E-state index contributed by atoms with van der Waals surface area (Å²) in [6.07, 6.45) is 2.75. The number of amides is 1. The molecule has 0 unspecified atom stereocenters. The molecule has 2 aliphatic heterocycles. The molecule has 6 heteroatoms. The van der Waals surface area contributed by atoms with Crippen molar-refractivity contribution in [2.24, 2.45) is 11.8 Å². The first kappa shape index (κ1) is 22.7. The van der Waals surface area contributed by atoms with Gasteiger partial charge in [-0.05, 0) is 60.4 Å². The Morgan fingerprint density at radius 2 is 1.85 bits per heavy atom. The molecule has 2 aliphatic rings. The van der Waals surface area contributed by atoms with Crippen LogP contribution in [-0.4, -0.2) is 37.0 Å². The Balaban J connectivity index is 1.41. The zero-order valence-electron chi connectivity index (χ0n) is 20.0. The molecular formula is C28H32N2O4. The Bertz CT molecular complexity index is 1230. The van der Waals surface area contributed by atoms with Crippen LogP contribution in [0.1, 0.15) is 37.8 Å². The summed E-state index contributed by atoms with van der Waals surface area (Å²) in [4.78, 5) is 30.2. The lowest BCUT2D eigenvalue weighted by molar-refractivity contribution is -0.120. The van der Waals surface area contributed by atoms with Gasteiger partial charge in [-0.25, -0.2) is 4.79 Å². The Morgan fingerprint density at radius 1 is 1.09 bits per heavy atom. The van der Waals surface area contributed by atoms with Crippen LogP contribution < -0.4 is 15.3 Å². The predicted molar refractivity (Wildman–Crippen MR) is 133 cm³/mol. The predicted octanol–water partition coefficient (Wildman–Crippen LogP) is 4.63. The average molecular weight is 461 g/mol. The lowest BCUT2D eigenvalue weighted by Gasteiger charge is -2.36. The summed E-state index contributed by atoms with van der Waals surface area (Å²) < 4.78 is 11.7. The second-order valence-corrected chi connectivity index (χ2v) is 9.94. The first-order valence-corrected chi connectivity index (χ1v) is 12.3. The fourth-order valence-electron chi connectivity index (χ4n) is 5.56. The minimum absolute atomic E-state index is 0.0228. The van der Waals surface area contributed by atoms with Crippen molar-refractivity contribution in [2.75, 3.05) is 31.1 Å². The number of nitrogens with zero attached hydrogens (tertiary/aromatic N) is 2. The number of piperidine rings is 1. The van der Waals surface area contributed by atoms with Crippen molar-refractivity contribution in [3.05, 3.63) is 70.1 Å². The topological polar surface area (TPSA) is 63.0 Å². The van der Waals surface area contributed by atoms with Crippen molar-refractivity contribution in [3.8, 4) is 5.75 Å². The van der Waals surface area contributed by atoms with Crippen LogP contribution in [0.4, 0.5) is 5.69 Å². The van der Waals surface area contributed by atoms with Crippen molar-refractivity contribution in [1.29, 1.82) is 0 Å². The van der Waals surface area contributed by atoms with Gasteiger partial charge in [-0.3, -0.25) is 9.69 Å². The Morgan fingerprint density at radius 3 is 2.62 bits per heavy atom. The third-order valence-corrected chi connectivity index (χ3v) is 6.89. The van der Waals surface area contributed by atoms with Crippen LogP contribution in [0.5, 0.6) is 5.75 Å². The van der Waals surface area contributed by atoms with E-state index in [1.807, 2.05) is 42.5 Å². The van der Waals surface area contributed by atoms with Crippen molar-refractivity contribution >= 4 is 22.6 Å². The molecule has 0 aliphatic carbocycles. The summed E-state index contributed by atoms with van der Waals surface area (Å²) in [6, 6.07) is 15.5. The van der Waals surface area contributed by atoms with Gasteiger partial charge in [0.05, 0.1) is 6.54 Å². The SMILES string of the molecule is C[C@H]1C[C@H](C)CN(CC(=O)N2CCCc3c2c(=O)oc2ccc(OCc4ccccc4)cc32)C1. The molecule has 1 fully saturated rings. The van der Waals surface area contributed by atoms with Gasteiger partial charge in [0.2, 0.25) is 5.91 Å². The first-order valence-electron chi connectivity index (χ1n) is 12.3. The molecule has 0 N–H and O–H groups in total. The fourth-order valence-corrected chi connectivity index (χ4v) is 5.56. The molecule has 0 radical (unpaired) electrons. The Labute approximate surface area is 200 Å². The number of likely N-dealkylation sites (tertiary alicyclic amines) is 1. The molecule has 2 aromatic carbocycles. The number of aryl methyl sites for hydroxylation is 1. The number of benzene rings is 2. The van der Waals surface area contributed by atoms with Gasteiger partial charge in [0.25, 0.3) is 0 Å². The van der Waals surface area contributed by atoms with E-state index in [9.17, 15) is 9.59 Å². The Kier molecular flexibility index (Phi) is 6.42. The highest BCUT2D eigenvalue weighted by Crippen LogP contribution is 2.33. The third kappa shape index (κ3) is 4.73. The van der Waals surface area contributed by atoms with E-state index in [0.717, 1.165) is 42.4 Å². The van der Waals surface area contributed by atoms with Crippen LogP contribution in [0.15, 0.2) is 57.7 Å². The molecule has 5 rings (SSSR count). The zero-order chi connectivity index (χ0) is 23.7. The minimum atomic E-state index is -0.436. The zero-order valence-corrected chi connectivity index (χ0v) is 20.0. The summed E-state index contributed by atoms with van der Waals surface area (Å²) >= 11 is 0. The van der Waals surface area contributed by atoms with E-state index in [0.29, 0.717) is 48.6 Å². The van der Waals surface area contributed by atoms with E-state index in [2.05, 4.69) is 18.7 Å². The van der Waals surface area contributed by atoms with Crippen LogP contribution in [0, 0.1) is 11.8 Å². The number of anilines is 1. The summed E-state index contributed by atoms with van der Waals surface area (Å²) in [5.74, 6) is 1.85. The molecule has 2 atom stereocenters.